The van der Waals surface area contributed by atoms with Crippen molar-refractivity contribution in [2.24, 2.45) is 5.73 Å². The molecule has 3 nitrogen and oxygen atoms in total. The molecule has 0 spiro atoms. The van der Waals surface area contributed by atoms with Crippen LogP contribution in [0.25, 0.3) is 0 Å². The van der Waals surface area contributed by atoms with Gasteiger partial charge in [-0.1, -0.05) is 0 Å². The molecule has 1 fully saturated rings. The van der Waals surface area contributed by atoms with Crippen LogP contribution in [0.4, 0.5) is 0 Å². The number of carboxylic acid groups (broad SMARTS) is 1. The Morgan fingerprint density at radius 2 is 2.50 bits per heavy atom. The van der Waals surface area contributed by atoms with Crippen molar-refractivity contribution in [3.8, 4) is 0 Å². The molecule has 0 aromatic carbocycles. The average molecular weight is 207 g/mol. The molecule has 0 aromatic heterocycles. The Labute approximate surface area is 80.5 Å². The molecule has 0 saturated carbocycles. The number of hydrogen-bond acceptors (Lipinski definition) is 4. The van der Waals surface area contributed by atoms with E-state index in [1.165, 1.54) is 11.8 Å². The number of aliphatic carboxylic acids is 1. The molecule has 3 N–H and O–H groups in total. The zero-order valence-corrected chi connectivity index (χ0v) is 8.42. The minimum Gasteiger partial charge on any atom is -0.480 e. The second-order valence-electron chi connectivity index (χ2n) is 2.74. The Morgan fingerprint density at radius 1 is 1.75 bits per heavy atom. The van der Waals surface area contributed by atoms with Crippen molar-refractivity contribution < 1.29 is 9.90 Å². The molecule has 1 atom stereocenters. The summed E-state index contributed by atoms with van der Waals surface area (Å²) in [4.78, 5) is 11.0. The smallest absolute Gasteiger partial charge is 0.320 e. The molecule has 1 unspecified atom stereocenters. The van der Waals surface area contributed by atoms with E-state index in [2.05, 4.69) is 0 Å². The van der Waals surface area contributed by atoms with Crippen LogP contribution >= 0.6 is 23.5 Å². The maximum absolute atomic E-state index is 11.0. The van der Waals surface area contributed by atoms with Crippen molar-refractivity contribution in [2.45, 2.75) is 11.2 Å². The Hall–Kier alpha value is 0.130. The standard InChI is InChI=1S/C7H13NO2S2/c8-2-4-12-7(6(9)10)1-3-11-5-7/h1-5,8H2,(H,9,10). The lowest BCUT2D eigenvalue weighted by Crippen LogP contribution is -2.35. The van der Waals surface area contributed by atoms with Gasteiger partial charge < -0.3 is 10.8 Å². The predicted molar refractivity (Wildman–Crippen MR) is 53.8 cm³/mol. The Balaban J connectivity index is 2.53. The molecule has 1 aliphatic heterocycles. The van der Waals surface area contributed by atoms with Gasteiger partial charge in [0.1, 0.15) is 4.75 Å². The summed E-state index contributed by atoms with van der Waals surface area (Å²) in [6.45, 7) is 0.560. The van der Waals surface area contributed by atoms with Crippen LogP contribution in [0, 0.1) is 0 Å². The molecule has 1 heterocycles. The summed E-state index contributed by atoms with van der Waals surface area (Å²) in [5.74, 6) is 1.76. The van der Waals surface area contributed by atoms with Crippen molar-refractivity contribution in [3.05, 3.63) is 0 Å². The Bertz CT molecular complexity index is 169. The third-order valence-corrected chi connectivity index (χ3v) is 4.76. The topological polar surface area (TPSA) is 63.3 Å². The SMILES string of the molecule is NCCSC1(C(=O)O)CCSC1. The lowest BCUT2D eigenvalue weighted by atomic mass is 10.1. The molecule has 1 aliphatic rings. The molecule has 0 amide bonds. The van der Waals surface area contributed by atoms with Crippen molar-refractivity contribution in [2.75, 3.05) is 23.8 Å². The summed E-state index contributed by atoms with van der Waals surface area (Å²) in [6.07, 6.45) is 0.775. The number of thioether (sulfide) groups is 2. The first kappa shape index (κ1) is 10.2. The van der Waals surface area contributed by atoms with Gasteiger partial charge in [-0.05, 0) is 12.2 Å². The minimum atomic E-state index is -0.675. The van der Waals surface area contributed by atoms with E-state index < -0.39 is 10.7 Å². The monoisotopic (exact) mass is 207 g/mol. The summed E-state index contributed by atoms with van der Waals surface area (Å²) in [7, 11) is 0. The largest absolute Gasteiger partial charge is 0.480 e. The van der Waals surface area contributed by atoms with Gasteiger partial charge in [0.15, 0.2) is 0 Å². The molecule has 1 rings (SSSR count). The molecule has 70 valence electrons. The van der Waals surface area contributed by atoms with E-state index in [-0.39, 0.29) is 0 Å². The summed E-state index contributed by atoms with van der Waals surface area (Å²) >= 11 is 3.21. The quantitative estimate of drug-likeness (QED) is 0.708. The lowest BCUT2D eigenvalue weighted by Gasteiger charge is -2.21. The number of carboxylic acids is 1. The van der Waals surface area contributed by atoms with E-state index in [4.69, 9.17) is 10.8 Å². The van der Waals surface area contributed by atoms with Crippen LogP contribution in [0.1, 0.15) is 6.42 Å². The summed E-state index contributed by atoms with van der Waals surface area (Å²) in [6, 6.07) is 0. The number of carbonyl (C=O) groups is 1. The van der Waals surface area contributed by atoms with Crippen molar-refractivity contribution in [1.82, 2.24) is 0 Å². The zero-order chi connectivity index (χ0) is 9.03. The van der Waals surface area contributed by atoms with E-state index in [1.54, 1.807) is 11.8 Å². The van der Waals surface area contributed by atoms with Crippen LogP contribution < -0.4 is 5.73 Å². The molecular weight excluding hydrogens is 194 g/mol. The lowest BCUT2D eigenvalue weighted by molar-refractivity contribution is -0.139. The fourth-order valence-electron chi connectivity index (χ4n) is 1.14. The summed E-state index contributed by atoms with van der Waals surface area (Å²) < 4.78 is -0.538. The van der Waals surface area contributed by atoms with Crippen LogP contribution in [0.2, 0.25) is 0 Å². The zero-order valence-electron chi connectivity index (χ0n) is 6.78. The van der Waals surface area contributed by atoms with Crippen LogP contribution in [0.5, 0.6) is 0 Å². The van der Waals surface area contributed by atoms with Gasteiger partial charge >= 0.3 is 5.97 Å². The van der Waals surface area contributed by atoms with Gasteiger partial charge in [0.25, 0.3) is 0 Å². The molecule has 0 aliphatic carbocycles. The first-order chi connectivity index (χ1) is 5.71. The highest BCUT2D eigenvalue weighted by molar-refractivity contribution is 8.05. The van der Waals surface area contributed by atoms with Gasteiger partial charge in [0, 0.05) is 18.1 Å². The van der Waals surface area contributed by atoms with Gasteiger partial charge in [-0.2, -0.15) is 11.8 Å². The van der Waals surface area contributed by atoms with Gasteiger partial charge in [-0.25, -0.2) is 0 Å². The van der Waals surface area contributed by atoms with Crippen LogP contribution in [-0.2, 0) is 4.79 Å². The molecule has 12 heavy (non-hydrogen) atoms. The van der Waals surface area contributed by atoms with Gasteiger partial charge in [0.2, 0.25) is 0 Å². The highest BCUT2D eigenvalue weighted by atomic mass is 32.2. The first-order valence-electron chi connectivity index (χ1n) is 3.86. The van der Waals surface area contributed by atoms with Crippen LogP contribution in [-0.4, -0.2) is 39.6 Å². The maximum Gasteiger partial charge on any atom is 0.320 e. The summed E-state index contributed by atoms with van der Waals surface area (Å²) in [5.41, 5.74) is 5.35. The predicted octanol–water partition coefficient (Wildman–Crippen LogP) is 0.639. The number of nitrogens with two attached hydrogens (primary N) is 1. The van der Waals surface area contributed by atoms with Crippen LogP contribution in [0.3, 0.4) is 0 Å². The maximum atomic E-state index is 11.0. The number of rotatable bonds is 4. The molecule has 0 aromatic rings. The molecule has 0 bridgehead atoms. The van der Waals surface area contributed by atoms with Crippen LogP contribution in [0.15, 0.2) is 0 Å². The number of hydrogen-bond donors (Lipinski definition) is 2. The normalized spacial score (nSPS) is 29.1. The van der Waals surface area contributed by atoms with Crippen molar-refractivity contribution in [1.29, 1.82) is 0 Å². The van der Waals surface area contributed by atoms with E-state index >= 15 is 0 Å². The summed E-state index contributed by atoms with van der Waals surface area (Å²) in [5, 5.41) is 9.02. The third kappa shape index (κ3) is 2.08. The Morgan fingerprint density at radius 3 is 2.92 bits per heavy atom. The van der Waals surface area contributed by atoms with E-state index in [1.807, 2.05) is 0 Å². The van der Waals surface area contributed by atoms with E-state index in [0.29, 0.717) is 6.54 Å². The van der Waals surface area contributed by atoms with Gasteiger partial charge in [0.05, 0.1) is 0 Å². The second-order valence-corrected chi connectivity index (χ2v) is 5.32. The van der Waals surface area contributed by atoms with E-state index in [0.717, 1.165) is 23.7 Å². The fraction of sp³-hybridized carbons (Fsp3) is 0.857. The molecule has 0 radical (unpaired) electrons. The molecule has 1 saturated heterocycles. The highest BCUT2D eigenvalue weighted by Gasteiger charge is 2.41. The third-order valence-electron chi connectivity index (χ3n) is 1.87. The minimum absolute atomic E-state index is 0.538. The van der Waals surface area contributed by atoms with Gasteiger partial charge in [-0.3, -0.25) is 4.79 Å². The molecular formula is C7H13NO2S2. The average Bonchev–Trinajstić information content (AvgIpc) is 2.50. The molecule has 5 heteroatoms. The van der Waals surface area contributed by atoms with Crippen molar-refractivity contribution in [3.63, 3.8) is 0 Å². The van der Waals surface area contributed by atoms with E-state index in [9.17, 15) is 4.79 Å². The second kappa shape index (κ2) is 4.39. The fourth-order valence-corrected chi connectivity index (χ4v) is 3.97. The Kier molecular flexibility index (Phi) is 3.74. The van der Waals surface area contributed by atoms with Crippen molar-refractivity contribution >= 4 is 29.5 Å². The highest BCUT2D eigenvalue weighted by Crippen LogP contribution is 2.39. The van der Waals surface area contributed by atoms with Gasteiger partial charge in [-0.15, -0.1) is 11.8 Å². The first-order valence-corrected chi connectivity index (χ1v) is 6.00.